The summed E-state index contributed by atoms with van der Waals surface area (Å²) in [6.07, 6.45) is 1.24. The van der Waals surface area contributed by atoms with Crippen molar-refractivity contribution in [3.05, 3.63) is 72.9 Å². The van der Waals surface area contributed by atoms with Crippen LogP contribution < -0.4 is 0 Å². The van der Waals surface area contributed by atoms with Gasteiger partial charge in [0.1, 0.15) is 11.5 Å². The molecule has 0 unspecified atom stereocenters. The Bertz CT molecular complexity index is 1230. The van der Waals surface area contributed by atoms with E-state index >= 15 is 8.63 Å². The van der Waals surface area contributed by atoms with Gasteiger partial charge in [0.25, 0.3) is 0 Å². The van der Waals surface area contributed by atoms with Gasteiger partial charge in [-0.25, -0.2) is 4.39 Å². The summed E-state index contributed by atoms with van der Waals surface area (Å²) in [5.41, 5.74) is 6.08. The van der Waals surface area contributed by atoms with E-state index in [-0.39, 0.29) is 10.0 Å². The molecule has 0 saturated heterocycles. The van der Waals surface area contributed by atoms with Crippen molar-refractivity contribution in [3.63, 3.8) is 0 Å². The molecule has 0 bridgehead atoms. The molecule has 0 saturated carbocycles. The molecule has 1 aromatic heterocycles. The Morgan fingerprint density at radius 2 is 1.58 bits per heavy atom. The van der Waals surface area contributed by atoms with Crippen LogP contribution in [0.2, 0.25) is 10.0 Å². The number of halogens is 5. The Morgan fingerprint density at radius 1 is 1.00 bits per heavy atom. The lowest BCUT2D eigenvalue weighted by atomic mass is 9.83. The maximum Gasteiger partial charge on any atom is 0.737 e. The molecule has 0 N–H and O–H groups in total. The van der Waals surface area contributed by atoms with Crippen LogP contribution >= 0.6 is 23.2 Å². The van der Waals surface area contributed by atoms with Crippen molar-refractivity contribution in [1.29, 1.82) is 0 Å². The van der Waals surface area contributed by atoms with Crippen LogP contribution in [0.5, 0.6) is 0 Å². The van der Waals surface area contributed by atoms with Crippen LogP contribution in [0.1, 0.15) is 62.2 Å². The van der Waals surface area contributed by atoms with E-state index < -0.39 is 12.8 Å². The first-order valence-corrected chi connectivity index (χ1v) is 11.2. The molecular formula is C23H24BCl2F3N2. The maximum atomic E-state index is 16.2. The van der Waals surface area contributed by atoms with Gasteiger partial charge in [0, 0.05) is 29.3 Å². The predicted octanol–water partition coefficient (Wildman–Crippen LogP) is 7.32. The summed E-state index contributed by atoms with van der Waals surface area (Å²) in [6, 6.07) is 2.36. The van der Waals surface area contributed by atoms with E-state index in [2.05, 4.69) is 0 Å². The maximum absolute atomic E-state index is 16.2. The largest absolute Gasteiger partial charge is 0.737 e. The molecule has 0 fully saturated rings. The van der Waals surface area contributed by atoms with Crippen molar-refractivity contribution in [1.82, 2.24) is 4.48 Å². The monoisotopic (exact) mass is 466 g/mol. The highest BCUT2D eigenvalue weighted by molar-refractivity contribution is 6.58. The fourth-order valence-electron chi connectivity index (χ4n) is 5.50. The number of rotatable bonds is 3. The van der Waals surface area contributed by atoms with Crippen LogP contribution in [-0.2, 0) is 6.42 Å². The Balaban J connectivity index is 2.29. The fraction of sp³-hybridized carbons (Fsp3) is 0.348. The minimum atomic E-state index is -4.13. The highest BCUT2D eigenvalue weighted by Crippen LogP contribution is 2.49. The number of benzene rings is 1. The molecule has 0 amide bonds. The Kier molecular flexibility index (Phi) is 5.26. The summed E-state index contributed by atoms with van der Waals surface area (Å²) in [6.45, 7) is 6.95. The van der Waals surface area contributed by atoms with Crippen LogP contribution in [0.25, 0.3) is 5.57 Å². The van der Waals surface area contributed by atoms with Crippen molar-refractivity contribution in [3.8, 4) is 0 Å². The van der Waals surface area contributed by atoms with Crippen molar-refractivity contribution in [2.75, 3.05) is 0 Å². The summed E-state index contributed by atoms with van der Waals surface area (Å²) >= 11 is 13.0. The van der Waals surface area contributed by atoms with E-state index in [0.717, 1.165) is 31.2 Å². The normalized spacial score (nSPS) is 17.6. The zero-order valence-corrected chi connectivity index (χ0v) is 19.9. The molecular weight excluding hydrogens is 443 g/mol. The number of nitrogens with zero attached hydrogens (tertiary/aromatic N) is 2. The molecule has 2 aromatic rings. The molecule has 0 atom stereocenters. The van der Waals surface area contributed by atoms with E-state index in [1.807, 2.05) is 27.7 Å². The van der Waals surface area contributed by atoms with E-state index in [0.29, 0.717) is 46.8 Å². The van der Waals surface area contributed by atoms with Gasteiger partial charge in [-0.3, -0.25) is 0 Å². The SMILES string of the molecule is CCC1=C(C)C2=C(c3c(Cl)cc(F)cc3Cl)c3c(C)c(CC)c(C)n3[B-](F)(F)[N+]2=C1C. The van der Waals surface area contributed by atoms with Crippen molar-refractivity contribution < 1.29 is 17.5 Å². The molecule has 1 aromatic carbocycles. The van der Waals surface area contributed by atoms with Crippen molar-refractivity contribution in [2.24, 2.45) is 0 Å². The molecule has 0 aliphatic carbocycles. The van der Waals surface area contributed by atoms with Gasteiger partial charge in [0.2, 0.25) is 0 Å². The smallest absolute Gasteiger partial charge is 0.393 e. The fourth-order valence-corrected chi connectivity index (χ4v) is 6.15. The molecule has 2 nitrogen and oxygen atoms in total. The second-order valence-corrected chi connectivity index (χ2v) is 9.04. The van der Waals surface area contributed by atoms with Gasteiger partial charge < -0.3 is 17.6 Å². The third kappa shape index (κ3) is 2.84. The van der Waals surface area contributed by atoms with Crippen LogP contribution in [0.15, 0.2) is 29.0 Å². The van der Waals surface area contributed by atoms with Gasteiger partial charge in [-0.1, -0.05) is 37.0 Å². The summed E-state index contributed by atoms with van der Waals surface area (Å²) < 4.78 is 48.6. The average Bonchev–Trinajstić information content (AvgIpc) is 3.08. The van der Waals surface area contributed by atoms with Crippen LogP contribution in [0.4, 0.5) is 13.0 Å². The highest BCUT2D eigenvalue weighted by atomic mass is 35.5. The third-order valence-electron chi connectivity index (χ3n) is 6.75. The molecule has 4 rings (SSSR count). The van der Waals surface area contributed by atoms with Gasteiger partial charge in [0.15, 0.2) is 5.70 Å². The predicted molar refractivity (Wildman–Crippen MR) is 123 cm³/mol. The molecule has 31 heavy (non-hydrogen) atoms. The number of hydrogen-bond donors (Lipinski definition) is 0. The quantitative estimate of drug-likeness (QED) is 0.418. The van der Waals surface area contributed by atoms with E-state index in [1.54, 1.807) is 13.8 Å². The van der Waals surface area contributed by atoms with E-state index in [1.165, 1.54) is 12.1 Å². The van der Waals surface area contributed by atoms with Gasteiger partial charge in [-0.15, -0.1) is 0 Å². The lowest BCUT2D eigenvalue weighted by molar-refractivity contribution is -0.363. The molecule has 8 heteroatoms. The molecule has 164 valence electrons. The summed E-state index contributed by atoms with van der Waals surface area (Å²) in [5, 5.41) is 0.201. The van der Waals surface area contributed by atoms with E-state index in [9.17, 15) is 4.39 Å². The number of hydrogen-bond acceptors (Lipinski definition) is 0. The van der Waals surface area contributed by atoms with E-state index in [4.69, 9.17) is 23.2 Å². The Labute approximate surface area is 190 Å². The molecule has 2 aliphatic rings. The van der Waals surface area contributed by atoms with Gasteiger partial charge in [-0.2, -0.15) is 0 Å². The van der Waals surface area contributed by atoms with Crippen molar-refractivity contribution in [2.45, 2.75) is 54.4 Å². The lowest BCUT2D eigenvalue weighted by Gasteiger charge is -2.34. The zero-order chi connectivity index (χ0) is 23.0. The summed E-state index contributed by atoms with van der Waals surface area (Å²) in [7, 11) is 0. The Morgan fingerprint density at radius 3 is 2.10 bits per heavy atom. The molecule has 3 heterocycles. The van der Waals surface area contributed by atoms with Crippen LogP contribution in [0, 0.1) is 19.7 Å². The molecule has 0 radical (unpaired) electrons. The highest BCUT2D eigenvalue weighted by Gasteiger charge is 2.57. The second-order valence-electron chi connectivity index (χ2n) is 8.23. The first-order valence-electron chi connectivity index (χ1n) is 10.4. The standard InChI is InChI=1S/C23H24BCl2F3N2/c1-7-16-11(3)22-21(20-18(25)9-15(27)10-19(20)26)23-12(4)17(8-2)14(6)31(23)24(28,29)30(22)13(16)5/h9-10H,7-8H2,1-6H3. The Hall–Kier alpha value is -1.92. The lowest BCUT2D eigenvalue weighted by Crippen LogP contribution is -2.51. The zero-order valence-electron chi connectivity index (χ0n) is 18.4. The minimum Gasteiger partial charge on any atom is -0.393 e. The number of allylic oxidation sites excluding steroid dienone is 2. The van der Waals surface area contributed by atoms with Gasteiger partial charge in [0.05, 0.1) is 15.6 Å². The first kappa shape index (κ1) is 22.3. The topological polar surface area (TPSA) is 7.94 Å². The summed E-state index contributed by atoms with van der Waals surface area (Å²) in [4.78, 5) is 0. The van der Waals surface area contributed by atoms with Crippen molar-refractivity contribution >= 4 is 41.5 Å². The third-order valence-corrected chi connectivity index (χ3v) is 7.35. The van der Waals surface area contributed by atoms with Crippen LogP contribution in [0.3, 0.4) is 0 Å². The van der Waals surface area contributed by atoms with Gasteiger partial charge in [-0.05, 0) is 62.6 Å². The second kappa shape index (κ2) is 7.31. The number of fused-ring (bicyclic) bond motifs is 2. The minimum absolute atomic E-state index is 0.100. The average molecular weight is 467 g/mol. The van der Waals surface area contributed by atoms with Crippen LogP contribution in [-0.4, -0.2) is 21.6 Å². The molecule has 2 aliphatic heterocycles. The number of aromatic nitrogens is 1. The van der Waals surface area contributed by atoms with Gasteiger partial charge >= 0.3 is 6.97 Å². The molecule has 0 spiro atoms. The first-order chi connectivity index (χ1) is 14.5. The summed E-state index contributed by atoms with van der Waals surface area (Å²) in [5.74, 6) is -0.570.